The molecule has 2 rings (SSSR count). The van der Waals surface area contributed by atoms with Gasteiger partial charge in [0.05, 0.1) is 0 Å². The van der Waals surface area contributed by atoms with Crippen molar-refractivity contribution in [1.82, 2.24) is 4.90 Å². The summed E-state index contributed by atoms with van der Waals surface area (Å²) < 4.78 is 14.6. The Morgan fingerprint density at radius 1 is 1.56 bits per heavy atom. The first-order valence-electron chi connectivity index (χ1n) is 6.48. The van der Waals surface area contributed by atoms with Gasteiger partial charge < -0.3 is 5.73 Å². The van der Waals surface area contributed by atoms with E-state index in [9.17, 15) is 4.39 Å². The molecule has 0 aliphatic carbocycles. The lowest BCUT2D eigenvalue weighted by Crippen LogP contribution is -2.42. The van der Waals surface area contributed by atoms with Crippen molar-refractivity contribution in [2.75, 3.05) is 13.1 Å². The lowest BCUT2D eigenvalue weighted by Gasteiger charge is -2.34. The van der Waals surface area contributed by atoms with Crippen molar-refractivity contribution in [2.45, 2.75) is 32.4 Å². The van der Waals surface area contributed by atoms with E-state index in [1.165, 1.54) is 12.5 Å². The van der Waals surface area contributed by atoms with Crippen molar-refractivity contribution in [2.24, 2.45) is 11.7 Å². The zero-order valence-corrected chi connectivity index (χ0v) is 12.3. The van der Waals surface area contributed by atoms with Crippen LogP contribution >= 0.6 is 15.9 Å². The Labute approximate surface area is 116 Å². The molecular formula is C14H20BrFN2. The third kappa shape index (κ3) is 3.53. The second kappa shape index (κ2) is 6.13. The number of likely N-dealkylation sites (tertiary alicyclic amines) is 1. The van der Waals surface area contributed by atoms with Crippen LogP contribution in [0.4, 0.5) is 4.39 Å². The Bertz CT molecular complexity index is 409. The average Bonchev–Trinajstić information content (AvgIpc) is 2.34. The number of halogens is 2. The highest BCUT2D eigenvalue weighted by atomic mass is 79.9. The number of hydrogen-bond acceptors (Lipinski definition) is 2. The molecule has 1 aromatic rings. The standard InChI is InChI=1S/C14H20BrFN2/c1-10(17)11-3-2-6-18(8-11)9-12-7-13(15)4-5-14(12)16/h4-5,7,10-11H,2-3,6,8-9,17H2,1H3. The number of rotatable bonds is 3. The van der Waals surface area contributed by atoms with Crippen molar-refractivity contribution in [3.63, 3.8) is 0 Å². The molecule has 0 spiro atoms. The molecule has 2 nitrogen and oxygen atoms in total. The van der Waals surface area contributed by atoms with Crippen LogP contribution in [-0.2, 0) is 6.54 Å². The molecule has 4 heteroatoms. The molecule has 1 aliphatic rings. The lowest BCUT2D eigenvalue weighted by atomic mass is 9.92. The molecule has 2 unspecified atom stereocenters. The summed E-state index contributed by atoms with van der Waals surface area (Å²) in [6, 6.07) is 5.34. The second-order valence-electron chi connectivity index (χ2n) is 5.23. The van der Waals surface area contributed by atoms with E-state index in [1.807, 2.05) is 6.07 Å². The van der Waals surface area contributed by atoms with Gasteiger partial charge in [0.1, 0.15) is 5.82 Å². The number of hydrogen-bond donors (Lipinski definition) is 1. The normalized spacial score (nSPS) is 23.0. The van der Waals surface area contributed by atoms with Gasteiger partial charge in [-0.3, -0.25) is 4.90 Å². The zero-order valence-electron chi connectivity index (χ0n) is 10.7. The third-order valence-corrected chi connectivity index (χ3v) is 4.18. The van der Waals surface area contributed by atoms with Crippen LogP contribution < -0.4 is 5.73 Å². The van der Waals surface area contributed by atoms with Crippen LogP contribution in [0.15, 0.2) is 22.7 Å². The molecular weight excluding hydrogens is 295 g/mol. The largest absolute Gasteiger partial charge is 0.328 e. The Morgan fingerprint density at radius 2 is 2.33 bits per heavy atom. The smallest absolute Gasteiger partial charge is 0.127 e. The van der Waals surface area contributed by atoms with Gasteiger partial charge in [-0.05, 0) is 50.4 Å². The molecule has 1 aliphatic heterocycles. The van der Waals surface area contributed by atoms with Gasteiger partial charge in [0.15, 0.2) is 0 Å². The van der Waals surface area contributed by atoms with Crippen LogP contribution in [0, 0.1) is 11.7 Å². The highest BCUT2D eigenvalue weighted by molar-refractivity contribution is 9.10. The molecule has 1 fully saturated rings. The summed E-state index contributed by atoms with van der Waals surface area (Å²) in [6.45, 7) is 4.75. The summed E-state index contributed by atoms with van der Waals surface area (Å²) in [5.74, 6) is 0.412. The monoisotopic (exact) mass is 314 g/mol. The first-order valence-corrected chi connectivity index (χ1v) is 7.27. The predicted octanol–water partition coefficient (Wildman–Crippen LogP) is 3.15. The van der Waals surface area contributed by atoms with E-state index < -0.39 is 0 Å². The van der Waals surface area contributed by atoms with Gasteiger partial charge in [-0.15, -0.1) is 0 Å². The van der Waals surface area contributed by atoms with Gasteiger partial charge in [0.2, 0.25) is 0 Å². The summed E-state index contributed by atoms with van der Waals surface area (Å²) in [5.41, 5.74) is 6.73. The third-order valence-electron chi connectivity index (χ3n) is 3.69. The first-order chi connectivity index (χ1) is 8.56. The maximum atomic E-state index is 13.7. The van der Waals surface area contributed by atoms with Crippen molar-refractivity contribution >= 4 is 15.9 Å². The zero-order chi connectivity index (χ0) is 13.1. The summed E-state index contributed by atoms with van der Waals surface area (Å²) in [4.78, 5) is 2.31. The molecule has 0 bridgehead atoms. The number of nitrogens with two attached hydrogens (primary N) is 1. The Hall–Kier alpha value is -0.450. The SMILES string of the molecule is CC(N)C1CCCN(Cc2cc(Br)ccc2F)C1. The van der Waals surface area contributed by atoms with E-state index in [2.05, 4.69) is 27.8 Å². The Kier molecular flexibility index (Phi) is 4.76. The van der Waals surface area contributed by atoms with Crippen molar-refractivity contribution < 1.29 is 4.39 Å². The quantitative estimate of drug-likeness (QED) is 0.928. The van der Waals surface area contributed by atoms with Gasteiger partial charge in [-0.25, -0.2) is 4.39 Å². The topological polar surface area (TPSA) is 29.3 Å². The van der Waals surface area contributed by atoms with Gasteiger partial charge in [0, 0.05) is 29.2 Å². The van der Waals surface area contributed by atoms with Gasteiger partial charge >= 0.3 is 0 Å². The van der Waals surface area contributed by atoms with Gasteiger partial charge in [-0.2, -0.15) is 0 Å². The molecule has 18 heavy (non-hydrogen) atoms. The van der Waals surface area contributed by atoms with Crippen molar-refractivity contribution in [3.05, 3.63) is 34.1 Å². The molecule has 100 valence electrons. The molecule has 0 radical (unpaired) electrons. The Morgan fingerprint density at radius 3 is 3.06 bits per heavy atom. The van der Waals surface area contributed by atoms with E-state index in [0.29, 0.717) is 12.5 Å². The van der Waals surface area contributed by atoms with Crippen molar-refractivity contribution in [3.8, 4) is 0 Å². The van der Waals surface area contributed by atoms with Crippen LogP contribution in [0.25, 0.3) is 0 Å². The summed E-state index contributed by atoms with van der Waals surface area (Å²) >= 11 is 3.39. The second-order valence-corrected chi connectivity index (χ2v) is 6.15. The van der Waals surface area contributed by atoms with E-state index in [1.54, 1.807) is 6.07 Å². The summed E-state index contributed by atoms with van der Waals surface area (Å²) in [6.07, 6.45) is 2.34. The lowest BCUT2D eigenvalue weighted by molar-refractivity contribution is 0.153. The molecule has 2 atom stereocenters. The maximum absolute atomic E-state index is 13.7. The fourth-order valence-electron chi connectivity index (χ4n) is 2.57. The Balaban J connectivity index is 2.02. The van der Waals surface area contributed by atoms with E-state index in [4.69, 9.17) is 5.73 Å². The molecule has 1 heterocycles. The van der Waals surface area contributed by atoms with E-state index in [-0.39, 0.29) is 11.9 Å². The average molecular weight is 315 g/mol. The van der Waals surface area contributed by atoms with Gasteiger partial charge in [0.25, 0.3) is 0 Å². The summed E-state index contributed by atoms with van der Waals surface area (Å²) in [7, 11) is 0. The van der Waals surface area contributed by atoms with Gasteiger partial charge in [-0.1, -0.05) is 15.9 Å². The fourth-order valence-corrected chi connectivity index (χ4v) is 2.98. The highest BCUT2D eigenvalue weighted by Gasteiger charge is 2.23. The van der Waals surface area contributed by atoms with E-state index >= 15 is 0 Å². The maximum Gasteiger partial charge on any atom is 0.127 e. The van der Waals surface area contributed by atoms with Crippen LogP contribution in [0.3, 0.4) is 0 Å². The minimum absolute atomic E-state index is 0.124. The fraction of sp³-hybridized carbons (Fsp3) is 0.571. The predicted molar refractivity (Wildman–Crippen MR) is 75.8 cm³/mol. The molecule has 0 aromatic heterocycles. The molecule has 1 saturated heterocycles. The minimum Gasteiger partial charge on any atom is -0.328 e. The number of benzene rings is 1. The van der Waals surface area contributed by atoms with Crippen molar-refractivity contribution in [1.29, 1.82) is 0 Å². The highest BCUT2D eigenvalue weighted by Crippen LogP contribution is 2.22. The van der Waals surface area contributed by atoms with Crippen LogP contribution in [0.2, 0.25) is 0 Å². The summed E-state index contributed by atoms with van der Waals surface area (Å²) in [5, 5.41) is 0. The van der Waals surface area contributed by atoms with E-state index in [0.717, 1.165) is 29.5 Å². The number of piperidine rings is 1. The molecule has 0 amide bonds. The molecule has 2 N–H and O–H groups in total. The van der Waals surface area contributed by atoms with Crippen LogP contribution in [0.5, 0.6) is 0 Å². The van der Waals surface area contributed by atoms with Crippen LogP contribution in [0.1, 0.15) is 25.3 Å². The molecule has 0 saturated carbocycles. The van der Waals surface area contributed by atoms with Crippen LogP contribution in [-0.4, -0.2) is 24.0 Å². The minimum atomic E-state index is -0.124. The number of nitrogens with zero attached hydrogens (tertiary/aromatic N) is 1. The first kappa shape index (κ1) is 14.0. The molecule has 1 aromatic carbocycles.